The molecular weight excluding hydrogens is 256 g/mol. The Morgan fingerprint density at radius 2 is 1.90 bits per heavy atom. The fraction of sp³-hybridized carbons (Fsp3) is 0.467. The van der Waals surface area contributed by atoms with E-state index in [0.717, 1.165) is 17.5 Å². The summed E-state index contributed by atoms with van der Waals surface area (Å²) in [4.78, 5) is 24.3. The lowest BCUT2D eigenvalue weighted by atomic mass is 10.0. The van der Waals surface area contributed by atoms with E-state index < -0.39 is 5.97 Å². The Hall–Kier alpha value is -1.88. The first-order valence-corrected chi connectivity index (χ1v) is 6.76. The molecule has 0 aromatic heterocycles. The fourth-order valence-corrected chi connectivity index (χ4v) is 1.96. The monoisotopic (exact) mass is 278 g/mol. The lowest BCUT2D eigenvalue weighted by Gasteiger charge is -2.18. The molecule has 1 aromatic carbocycles. The van der Waals surface area contributed by atoms with Crippen LogP contribution in [0.4, 0.5) is 0 Å². The minimum atomic E-state index is -0.846. The van der Waals surface area contributed by atoms with Gasteiger partial charge in [-0.25, -0.2) is 0 Å². The van der Waals surface area contributed by atoms with Gasteiger partial charge in [0.25, 0.3) is 0 Å². The first-order valence-electron chi connectivity index (χ1n) is 6.76. The first kappa shape index (κ1) is 16.2. The van der Waals surface area contributed by atoms with E-state index in [1.807, 2.05) is 43.1 Å². The van der Waals surface area contributed by atoms with Crippen molar-refractivity contribution < 1.29 is 14.7 Å². The number of carboxylic acid groups (broad SMARTS) is 1. The number of carboxylic acids is 1. The van der Waals surface area contributed by atoms with Crippen molar-refractivity contribution in [1.82, 2.24) is 10.2 Å². The van der Waals surface area contributed by atoms with Crippen molar-refractivity contribution in [3.8, 4) is 0 Å². The van der Waals surface area contributed by atoms with E-state index in [1.54, 1.807) is 0 Å². The van der Waals surface area contributed by atoms with E-state index >= 15 is 0 Å². The Balaban J connectivity index is 2.59. The van der Waals surface area contributed by atoms with Gasteiger partial charge in [-0.3, -0.25) is 14.5 Å². The summed E-state index contributed by atoms with van der Waals surface area (Å²) in [7, 11) is 1.85. The largest absolute Gasteiger partial charge is 0.481 e. The van der Waals surface area contributed by atoms with Gasteiger partial charge in [0.1, 0.15) is 0 Å². The number of amides is 1. The summed E-state index contributed by atoms with van der Waals surface area (Å²) in [6.45, 7) is 3.55. The van der Waals surface area contributed by atoms with Gasteiger partial charge in [-0.05, 0) is 24.6 Å². The van der Waals surface area contributed by atoms with Crippen LogP contribution < -0.4 is 5.32 Å². The van der Waals surface area contributed by atoms with Crippen LogP contribution in [0.2, 0.25) is 0 Å². The van der Waals surface area contributed by atoms with Crippen molar-refractivity contribution in [1.29, 1.82) is 0 Å². The van der Waals surface area contributed by atoms with Gasteiger partial charge >= 0.3 is 5.97 Å². The molecule has 0 radical (unpaired) electrons. The number of benzene rings is 1. The average molecular weight is 278 g/mol. The van der Waals surface area contributed by atoms with E-state index in [0.29, 0.717) is 19.6 Å². The summed E-state index contributed by atoms with van der Waals surface area (Å²) in [5, 5.41) is 11.7. The summed E-state index contributed by atoms with van der Waals surface area (Å²) in [5.74, 6) is -0.856. The number of nitrogens with zero attached hydrogens (tertiary/aromatic N) is 1. The second-order valence-electron chi connectivity index (χ2n) is 4.86. The van der Waals surface area contributed by atoms with Crippen LogP contribution in [0, 0.1) is 0 Å². The van der Waals surface area contributed by atoms with Crippen molar-refractivity contribution in [3.63, 3.8) is 0 Å². The molecule has 1 amide bonds. The molecule has 0 saturated heterocycles. The van der Waals surface area contributed by atoms with Gasteiger partial charge in [0.2, 0.25) is 5.91 Å². The molecule has 0 aliphatic carbocycles. The number of carbonyl (C=O) groups is 2. The second-order valence-corrected chi connectivity index (χ2v) is 4.86. The Morgan fingerprint density at radius 1 is 1.25 bits per heavy atom. The Kier molecular flexibility index (Phi) is 6.73. The minimum absolute atomic E-state index is 0.00600. The summed E-state index contributed by atoms with van der Waals surface area (Å²) in [5.41, 5.74) is 1.74. The van der Waals surface area contributed by atoms with Crippen LogP contribution in [0.25, 0.3) is 0 Å². The number of likely N-dealkylation sites (N-methyl/N-ethyl adjacent to an activating group) is 1. The van der Waals surface area contributed by atoms with Crippen LogP contribution in [0.3, 0.4) is 0 Å². The minimum Gasteiger partial charge on any atom is -0.481 e. The van der Waals surface area contributed by atoms with Gasteiger partial charge < -0.3 is 10.4 Å². The van der Waals surface area contributed by atoms with Gasteiger partial charge in [-0.2, -0.15) is 0 Å². The van der Waals surface area contributed by atoms with E-state index in [9.17, 15) is 9.59 Å². The average Bonchev–Trinajstić information content (AvgIpc) is 2.38. The molecule has 0 spiro atoms. The van der Waals surface area contributed by atoms with Crippen LogP contribution >= 0.6 is 0 Å². The standard InChI is InChI=1S/C15H22N2O3/c1-3-8-16-14(18)11-17(2)10-13-7-5-4-6-12(13)9-15(19)20/h4-7H,3,8-11H2,1-2H3,(H,16,18)(H,19,20). The zero-order valence-corrected chi connectivity index (χ0v) is 12.1. The van der Waals surface area contributed by atoms with Gasteiger partial charge in [-0.15, -0.1) is 0 Å². The third-order valence-electron chi connectivity index (χ3n) is 2.89. The molecule has 0 heterocycles. The van der Waals surface area contributed by atoms with Crippen LogP contribution in [0.1, 0.15) is 24.5 Å². The van der Waals surface area contributed by atoms with Crippen LogP contribution in [0.5, 0.6) is 0 Å². The third-order valence-corrected chi connectivity index (χ3v) is 2.89. The number of hydrogen-bond donors (Lipinski definition) is 2. The van der Waals surface area contributed by atoms with E-state index in [4.69, 9.17) is 5.11 Å². The topological polar surface area (TPSA) is 69.6 Å². The number of nitrogens with one attached hydrogen (secondary N) is 1. The van der Waals surface area contributed by atoms with Crippen molar-refractivity contribution in [3.05, 3.63) is 35.4 Å². The van der Waals surface area contributed by atoms with Crippen LogP contribution in [-0.4, -0.2) is 42.0 Å². The lowest BCUT2D eigenvalue weighted by molar-refractivity contribution is -0.136. The van der Waals surface area contributed by atoms with Crippen molar-refractivity contribution in [2.75, 3.05) is 20.1 Å². The Bertz CT molecular complexity index is 460. The highest BCUT2D eigenvalue weighted by molar-refractivity contribution is 5.77. The smallest absolute Gasteiger partial charge is 0.307 e. The zero-order valence-electron chi connectivity index (χ0n) is 12.1. The number of aliphatic carboxylic acids is 1. The zero-order chi connectivity index (χ0) is 15.0. The molecule has 1 rings (SSSR count). The molecular formula is C15H22N2O3. The molecule has 0 aliphatic rings. The maximum absolute atomic E-state index is 11.6. The summed E-state index contributed by atoms with van der Waals surface area (Å²) < 4.78 is 0. The van der Waals surface area contributed by atoms with Crippen LogP contribution in [0.15, 0.2) is 24.3 Å². The second kappa shape index (κ2) is 8.32. The van der Waals surface area contributed by atoms with Crippen molar-refractivity contribution >= 4 is 11.9 Å². The molecule has 110 valence electrons. The van der Waals surface area contributed by atoms with Gasteiger partial charge in [-0.1, -0.05) is 31.2 Å². The van der Waals surface area contributed by atoms with Crippen molar-refractivity contribution in [2.24, 2.45) is 0 Å². The van der Waals surface area contributed by atoms with E-state index in [1.165, 1.54) is 0 Å². The van der Waals surface area contributed by atoms with E-state index in [-0.39, 0.29) is 12.3 Å². The predicted octanol–water partition coefficient (Wildman–Crippen LogP) is 1.27. The quantitative estimate of drug-likeness (QED) is 0.751. The maximum atomic E-state index is 11.6. The molecule has 0 unspecified atom stereocenters. The molecule has 5 heteroatoms. The molecule has 0 aliphatic heterocycles. The lowest BCUT2D eigenvalue weighted by Crippen LogP contribution is -2.35. The Morgan fingerprint density at radius 3 is 2.50 bits per heavy atom. The molecule has 0 bridgehead atoms. The highest BCUT2D eigenvalue weighted by Crippen LogP contribution is 2.11. The maximum Gasteiger partial charge on any atom is 0.307 e. The molecule has 0 saturated carbocycles. The van der Waals surface area contributed by atoms with E-state index in [2.05, 4.69) is 5.32 Å². The normalized spacial score (nSPS) is 10.6. The summed E-state index contributed by atoms with van der Waals surface area (Å²) >= 11 is 0. The highest BCUT2D eigenvalue weighted by Gasteiger charge is 2.10. The number of hydrogen-bond acceptors (Lipinski definition) is 3. The third kappa shape index (κ3) is 5.84. The molecule has 0 fully saturated rings. The molecule has 1 aromatic rings. The molecule has 0 atom stereocenters. The number of rotatable bonds is 8. The summed E-state index contributed by atoms with van der Waals surface area (Å²) in [6.07, 6.45) is 0.920. The van der Waals surface area contributed by atoms with Crippen molar-refractivity contribution in [2.45, 2.75) is 26.3 Å². The molecule has 2 N–H and O–H groups in total. The van der Waals surface area contributed by atoms with Gasteiger partial charge in [0.15, 0.2) is 0 Å². The fourth-order valence-electron chi connectivity index (χ4n) is 1.96. The number of carbonyl (C=O) groups excluding carboxylic acids is 1. The van der Waals surface area contributed by atoms with Crippen LogP contribution in [-0.2, 0) is 22.6 Å². The van der Waals surface area contributed by atoms with Gasteiger partial charge in [0.05, 0.1) is 13.0 Å². The van der Waals surface area contributed by atoms with Gasteiger partial charge in [0, 0.05) is 13.1 Å². The summed E-state index contributed by atoms with van der Waals surface area (Å²) in [6, 6.07) is 7.43. The predicted molar refractivity (Wildman–Crippen MR) is 77.4 cm³/mol. The first-order chi connectivity index (χ1) is 9.52. The molecule has 5 nitrogen and oxygen atoms in total. The SMILES string of the molecule is CCCNC(=O)CN(C)Cc1ccccc1CC(=O)O. The highest BCUT2D eigenvalue weighted by atomic mass is 16.4. The molecule has 20 heavy (non-hydrogen) atoms. The Labute approximate surface area is 119 Å².